The topological polar surface area (TPSA) is 98.0 Å². The van der Waals surface area contributed by atoms with E-state index in [1.807, 2.05) is 0 Å². The van der Waals surface area contributed by atoms with Crippen LogP contribution in [0.25, 0.3) is 0 Å². The number of benzene rings is 1. The van der Waals surface area contributed by atoms with Crippen LogP contribution in [0.1, 0.15) is 38.2 Å². The van der Waals surface area contributed by atoms with Gasteiger partial charge in [-0.2, -0.15) is 5.10 Å². The number of hydrogen-bond donors (Lipinski definition) is 2. The minimum Gasteiger partial charge on any atom is -0.493 e. The third-order valence-corrected chi connectivity index (χ3v) is 3.62. The van der Waals surface area contributed by atoms with Gasteiger partial charge in [0.25, 0.3) is 0 Å². The van der Waals surface area contributed by atoms with E-state index in [-0.39, 0.29) is 11.4 Å². The fourth-order valence-corrected chi connectivity index (χ4v) is 2.09. The van der Waals surface area contributed by atoms with Crippen LogP contribution in [0.3, 0.4) is 0 Å². The van der Waals surface area contributed by atoms with Crippen molar-refractivity contribution >= 4 is 29.2 Å². The molecule has 2 N–H and O–H groups in total. The normalized spacial score (nSPS) is 10.5. The summed E-state index contributed by atoms with van der Waals surface area (Å²) < 4.78 is 10.9. The molecule has 0 aliphatic carbocycles. The van der Waals surface area contributed by atoms with Crippen LogP contribution >= 0.6 is 12.2 Å². The summed E-state index contributed by atoms with van der Waals surface area (Å²) in [5.74, 6) is 0.433. The molecule has 25 heavy (non-hydrogen) atoms. The van der Waals surface area contributed by atoms with Gasteiger partial charge in [0.15, 0.2) is 10.9 Å². The van der Waals surface area contributed by atoms with Crippen LogP contribution in [0, 0.1) is 10.1 Å². The first-order valence-corrected chi connectivity index (χ1v) is 8.44. The zero-order valence-electron chi connectivity index (χ0n) is 14.7. The lowest BCUT2D eigenvalue weighted by Crippen LogP contribution is -2.28. The Hall–Kier alpha value is -2.42. The molecule has 0 saturated heterocycles. The predicted octanol–water partition coefficient (Wildman–Crippen LogP) is 2.99. The third-order valence-electron chi connectivity index (χ3n) is 3.33. The predicted molar refractivity (Wildman–Crippen MR) is 102 cm³/mol. The van der Waals surface area contributed by atoms with E-state index in [1.165, 1.54) is 19.4 Å². The van der Waals surface area contributed by atoms with Crippen LogP contribution in [0.5, 0.6) is 11.5 Å². The highest BCUT2D eigenvalue weighted by atomic mass is 32.1. The van der Waals surface area contributed by atoms with E-state index in [2.05, 4.69) is 22.8 Å². The second-order valence-electron chi connectivity index (χ2n) is 5.19. The molecule has 0 fully saturated rings. The lowest BCUT2D eigenvalue weighted by Gasteiger charge is -2.12. The van der Waals surface area contributed by atoms with Crippen molar-refractivity contribution in [3.63, 3.8) is 0 Å². The second-order valence-corrected chi connectivity index (χ2v) is 5.60. The van der Waals surface area contributed by atoms with Crippen LogP contribution in [-0.4, -0.2) is 37.0 Å². The SMILES string of the molecule is CCCCCCOc1c(OC)cc(/C=N/NC(=S)NC)cc1[N+](=O)[O-]. The fourth-order valence-electron chi connectivity index (χ4n) is 2.04. The Labute approximate surface area is 152 Å². The molecule has 1 aromatic rings. The summed E-state index contributed by atoms with van der Waals surface area (Å²) in [6.07, 6.45) is 5.50. The van der Waals surface area contributed by atoms with Crippen LogP contribution < -0.4 is 20.2 Å². The molecule has 0 aliphatic rings. The molecule has 0 amide bonds. The highest BCUT2D eigenvalue weighted by Crippen LogP contribution is 2.38. The first-order valence-electron chi connectivity index (χ1n) is 8.03. The number of nitro benzene ring substituents is 1. The van der Waals surface area contributed by atoms with Crippen molar-refractivity contribution < 1.29 is 14.4 Å². The highest BCUT2D eigenvalue weighted by Gasteiger charge is 2.22. The molecule has 138 valence electrons. The number of nitrogens with zero attached hydrogens (tertiary/aromatic N) is 2. The molecule has 1 rings (SSSR count). The van der Waals surface area contributed by atoms with Crippen LogP contribution in [0.2, 0.25) is 0 Å². The van der Waals surface area contributed by atoms with E-state index in [0.717, 1.165) is 25.7 Å². The zero-order chi connectivity index (χ0) is 18.7. The monoisotopic (exact) mass is 368 g/mol. The average molecular weight is 368 g/mol. The van der Waals surface area contributed by atoms with Gasteiger partial charge in [0.2, 0.25) is 5.75 Å². The van der Waals surface area contributed by atoms with Gasteiger partial charge >= 0.3 is 5.69 Å². The maximum atomic E-state index is 11.4. The van der Waals surface area contributed by atoms with Gasteiger partial charge in [0, 0.05) is 18.7 Å². The van der Waals surface area contributed by atoms with Crippen molar-refractivity contribution in [1.29, 1.82) is 0 Å². The molecule has 9 heteroatoms. The molecular formula is C16H24N4O4S. The molecule has 0 bridgehead atoms. The number of ether oxygens (including phenoxy) is 2. The number of methoxy groups -OCH3 is 1. The summed E-state index contributed by atoms with van der Waals surface area (Å²) in [6, 6.07) is 3.01. The first-order chi connectivity index (χ1) is 12.0. The van der Waals surface area contributed by atoms with Gasteiger partial charge in [-0.15, -0.1) is 0 Å². The van der Waals surface area contributed by atoms with Crippen molar-refractivity contribution in [1.82, 2.24) is 10.7 Å². The van der Waals surface area contributed by atoms with Gasteiger partial charge in [0.1, 0.15) is 0 Å². The Bertz CT molecular complexity index is 622. The number of nitrogens with one attached hydrogen (secondary N) is 2. The molecule has 0 atom stereocenters. The molecule has 0 aromatic heterocycles. The molecule has 8 nitrogen and oxygen atoms in total. The molecule has 1 aromatic carbocycles. The summed E-state index contributed by atoms with van der Waals surface area (Å²) in [4.78, 5) is 10.9. The smallest absolute Gasteiger partial charge is 0.315 e. The van der Waals surface area contributed by atoms with E-state index in [0.29, 0.717) is 23.0 Å². The van der Waals surface area contributed by atoms with Gasteiger partial charge in [-0.25, -0.2) is 0 Å². The molecule has 0 radical (unpaired) electrons. The van der Waals surface area contributed by atoms with E-state index in [1.54, 1.807) is 13.1 Å². The van der Waals surface area contributed by atoms with Crippen LogP contribution in [-0.2, 0) is 0 Å². The third kappa shape index (κ3) is 6.92. The van der Waals surface area contributed by atoms with E-state index in [4.69, 9.17) is 21.7 Å². The molecule has 0 saturated carbocycles. The van der Waals surface area contributed by atoms with Crippen molar-refractivity contribution in [2.24, 2.45) is 5.10 Å². The largest absolute Gasteiger partial charge is 0.493 e. The zero-order valence-corrected chi connectivity index (χ0v) is 15.5. The first kappa shape index (κ1) is 20.6. The van der Waals surface area contributed by atoms with Crippen molar-refractivity contribution in [3.05, 3.63) is 27.8 Å². The van der Waals surface area contributed by atoms with Crippen LogP contribution in [0.4, 0.5) is 5.69 Å². The molecule has 0 spiro atoms. The summed E-state index contributed by atoms with van der Waals surface area (Å²) in [6.45, 7) is 2.52. The van der Waals surface area contributed by atoms with E-state index < -0.39 is 4.92 Å². The van der Waals surface area contributed by atoms with Crippen molar-refractivity contribution in [3.8, 4) is 11.5 Å². The quantitative estimate of drug-likeness (QED) is 0.215. The Morgan fingerprint density at radius 2 is 2.16 bits per heavy atom. The van der Waals surface area contributed by atoms with Gasteiger partial charge in [-0.3, -0.25) is 15.5 Å². The minimum atomic E-state index is -0.493. The lowest BCUT2D eigenvalue weighted by atomic mass is 10.1. The molecule has 0 heterocycles. The average Bonchev–Trinajstić information content (AvgIpc) is 2.61. The second kappa shape index (κ2) is 11.2. The van der Waals surface area contributed by atoms with Crippen LogP contribution in [0.15, 0.2) is 17.2 Å². The fraction of sp³-hybridized carbons (Fsp3) is 0.500. The maximum absolute atomic E-state index is 11.4. The van der Waals surface area contributed by atoms with E-state index >= 15 is 0 Å². The number of unbranched alkanes of at least 4 members (excludes halogenated alkanes) is 3. The maximum Gasteiger partial charge on any atom is 0.315 e. The number of thiocarbonyl (C=S) groups is 1. The number of rotatable bonds is 10. The highest BCUT2D eigenvalue weighted by molar-refractivity contribution is 7.80. The Morgan fingerprint density at radius 3 is 2.76 bits per heavy atom. The van der Waals surface area contributed by atoms with Crippen molar-refractivity contribution in [2.45, 2.75) is 32.6 Å². The number of hydrogen-bond acceptors (Lipinski definition) is 6. The van der Waals surface area contributed by atoms with Gasteiger partial charge in [0.05, 0.1) is 24.9 Å². The lowest BCUT2D eigenvalue weighted by molar-refractivity contribution is -0.386. The molecule has 0 unspecified atom stereocenters. The molecule has 0 aliphatic heterocycles. The van der Waals surface area contributed by atoms with Gasteiger partial charge in [-0.1, -0.05) is 26.2 Å². The van der Waals surface area contributed by atoms with Gasteiger partial charge in [-0.05, 0) is 24.7 Å². The number of nitro groups is 1. The van der Waals surface area contributed by atoms with Gasteiger partial charge < -0.3 is 14.8 Å². The summed E-state index contributed by atoms with van der Waals surface area (Å²) in [5.41, 5.74) is 2.92. The Morgan fingerprint density at radius 1 is 1.40 bits per heavy atom. The summed E-state index contributed by atoms with van der Waals surface area (Å²) in [7, 11) is 3.10. The summed E-state index contributed by atoms with van der Waals surface area (Å²) >= 11 is 4.90. The molecular weight excluding hydrogens is 344 g/mol. The Balaban J connectivity index is 2.96. The van der Waals surface area contributed by atoms with Crippen molar-refractivity contribution in [2.75, 3.05) is 20.8 Å². The summed E-state index contributed by atoms with van der Waals surface area (Å²) in [5, 5.41) is 18.3. The standard InChI is InChI=1S/C16H24N4O4S/c1-4-5-6-7-8-24-15-13(20(21)22)9-12(10-14(15)23-3)11-18-19-16(25)17-2/h9-11H,4-8H2,1-3H3,(H2,17,19,25)/b18-11+. The minimum absolute atomic E-state index is 0.139. The Kier molecular flexibility index (Phi) is 9.23. The van der Waals surface area contributed by atoms with E-state index in [9.17, 15) is 10.1 Å². The number of hydrazone groups is 1.